The Bertz CT molecular complexity index is 548. The summed E-state index contributed by atoms with van der Waals surface area (Å²) in [6, 6.07) is 6.88. The van der Waals surface area contributed by atoms with Crippen molar-refractivity contribution in [3.63, 3.8) is 0 Å². The van der Waals surface area contributed by atoms with Crippen molar-refractivity contribution in [3.05, 3.63) is 51.7 Å². The van der Waals surface area contributed by atoms with Crippen LogP contribution in [0, 0.1) is 18.7 Å². The number of benzene rings is 1. The first-order valence-electron chi connectivity index (χ1n) is 7.42. The van der Waals surface area contributed by atoms with E-state index in [2.05, 4.69) is 24.1 Å². The van der Waals surface area contributed by atoms with Crippen LogP contribution < -0.4 is 5.32 Å². The first-order chi connectivity index (χ1) is 10.0. The second-order valence-electron chi connectivity index (χ2n) is 5.85. The summed E-state index contributed by atoms with van der Waals surface area (Å²) in [6.07, 6.45) is 2.90. The SMILES string of the molecule is Cc1ncc(CC(CNCC(C)C)c2ccc(F)cc2)s1. The van der Waals surface area contributed by atoms with Crippen molar-refractivity contribution in [2.45, 2.75) is 33.1 Å². The van der Waals surface area contributed by atoms with E-state index in [-0.39, 0.29) is 5.82 Å². The number of thiazole rings is 1. The van der Waals surface area contributed by atoms with Crippen LogP contribution >= 0.6 is 11.3 Å². The summed E-state index contributed by atoms with van der Waals surface area (Å²) in [6.45, 7) is 8.33. The van der Waals surface area contributed by atoms with Gasteiger partial charge in [-0.3, -0.25) is 0 Å². The van der Waals surface area contributed by atoms with Crippen LogP contribution in [0.25, 0.3) is 0 Å². The third kappa shape index (κ3) is 5.21. The van der Waals surface area contributed by atoms with Crippen LogP contribution in [0.5, 0.6) is 0 Å². The maximum Gasteiger partial charge on any atom is 0.123 e. The molecule has 2 rings (SSSR count). The van der Waals surface area contributed by atoms with Crippen molar-refractivity contribution in [1.82, 2.24) is 10.3 Å². The zero-order valence-corrected chi connectivity index (χ0v) is 13.7. The Kier molecular flexibility index (Phi) is 5.88. The van der Waals surface area contributed by atoms with E-state index in [0.717, 1.165) is 24.5 Å². The van der Waals surface area contributed by atoms with E-state index in [0.29, 0.717) is 11.8 Å². The number of nitrogens with one attached hydrogen (secondary N) is 1. The molecule has 0 spiro atoms. The van der Waals surface area contributed by atoms with Crippen LogP contribution in [0.2, 0.25) is 0 Å². The van der Waals surface area contributed by atoms with Crippen LogP contribution in [0.15, 0.2) is 30.5 Å². The molecule has 0 amide bonds. The molecule has 1 atom stereocenters. The van der Waals surface area contributed by atoms with E-state index in [1.165, 1.54) is 10.4 Å². The molecule has 2 aromatic rings. The number of aryl methyl sites for hydroxylation is 1. The third-order valence-corrected chi connectivity index (χ3v) is 4.34. The second kappa shape index (κ2) is 7.66. The minimum Gasteiger partial charge on any atom is -0.316 e. The van der Waals surface area contributed by atoms with Gasteiger partial charge in [-0.1, -0.05) is 26.0 Å². The number of hydrogen-bond donors (Lipinski definition) is 1. The molecule has 0 aliphatic heterocycles. The highest BCUT2D eigenvalue weighted by Crippen LogP contribution is 2.24. The van der Waals surface area contributed by atoms with Gasteiger partial charge in [-0.2, -0.15) is 0 Å². The minimum atomic E-state index is -0.179. The van der Waals surface area contributed by atoms with E-state index >= 15 is 0 Å². The molecule has 0 bridgehead atoms. The summed E-state index contributed by atoms with van der Waals surface area (Å²) < 4.78 is 13.1. The van der Waals surface area contributed by atoms with E-state index in [1.54, 1.807) is 23.5 Å². The lowest BCUT2D eigenvalue weighted by Gasteiger charge is -2.18. The molecule has 0 saturated heterocycles. The van der Waals surface area contributed by atoms with Gasteiger partial charge in [-0.15, -0.1) is 11.3 Å². The van der Waals surface area contributed by atoms with Crippen LogP contribution in [-0.2, 0) is 6.42 Å². The van der Waals surface area contributed by atoms with Gasteiger partial charge in [-0.05, 0) is 43.5 Å². The molecule has 0 saturated carbocycles. The minimum absolute atomic E-state index is 0.179. The summed E-state index contributed by atoms with van der Waals surface area (Å²) in [5, 5.41) is 4.61. The maximum atomic E-state index is 13.1. The molecule has 1 unspecified atom stereocenters. The molecule has 4 heteroatoms. The molecule has 1 aromatic heterocycles. The average Bonchev–Trinajstić information content (AvgIpc) is 2.84. The lowest BCUT2D eigenvalue weighted by atomic mass is 9.95. The van der Waals surface area contributed by atoms with E-state index in [1.807, 2.05) is 25.3 Å². The Hall–Kier alpha value is -1.26. The Labute approximate surface area is 130 Å². The fourth-order valence-electron chi connectivity index (χ4n) is 2.33. The zero-order chi connectivity index (χ0) is 15.2. The van der Waals surface area contributed by atoms with Gasteiger partial charge in [-0.25, -0.2) is 9.37 Å². The molecule has 0 aliphatic rings. The third-order valence-electron chi connectivity index (χ3n) is 3.40. The predicted molar refractivity (Wildman–Crippen MR) is 87.4 cm³/mol. The Morgan fingerprint density at radius 2 is 1.90 bits per heavy atom. The Morgan fingerprint density at radius 3 is 2.48 bits per heavy atom. The van der Waals surface area contributed by atoms with Gasteiger partial charge in [0.2, 0.25) is 0 Å². The first kappa shape index (κ1) is 16.1. The molecular weight excluding hydrogens is 283 g/mol. The monoisotopic (exact) mass is 306 g/mol. The number of halogens is 1. The molecule has 21 heavy (non-hydrogen) atoms. The molecule has 0 fully saturated rings. The summed E-state index contributed by atoms with van der Waals surface area (Å²) in [7, 11) is 0. The van der Waals surface area contributed by atoms with E-state index < -0.39 is 0 Å². The largest absolute Gasteiger partial charge is 0.316 e. The molecule has 0 aliphatic carbocycles. The summed E-state index contributed by atoms with van der Waals surface area (Å²) in [5.41, 5.74) is 1.18. The Balaban J connectivity index is 2.07. The molecule has 1 aromatic carbocycles. The average molecular weight is 306 g/mol. The fourth-order valence-corrected chi connectivity index (χ4v) is 3.21. The van der Waals surface area contributed by atoms with Crippen molar-refractivity contribution >= 4 is 11.3 Å². The number of nitrogens with zero attached hydrogens (tertiary/aromatic N) is 1. The van der Waals surface area contributed by atoms with Gasteiger partial charge in [0.05, 0.1) is 5.01 Å². The lowest BCUT2D eigenvalue weighted by molar-refractivity contribution is 0.514. The quantitative estimate of drug-likeness (QED) is 0.830. The highest BCUT2D eigenvalue weighted by Gasteiger charge is 2.14. The summed E-state index contributed by atoms with van der Waals surface area (Å²) in [4.78, 5) is 5.61. The number of aromatic nitrogens is 1. The van der Waals surface area contributed by atoms with Crippen LogP contribution in [0.4, 0.5) is 4.39 Å². The molecular formula is C17H23FN2S. The smallest absolute Gasteiger partial charge is 0.123 e. The van der Waals surface area contributed by atoms with Crippen LogP contribution in [0.1, 0.15) is 35.2 Å². The van der Waals surface area contributed by atoms with Crippen molar-refractivity contribution in [2.75, 3.05) is 13.1 Å². The van der Waals surface area contributed by atoms with Gasteiger partial charge in [0.15, 0.2) is 0 Å². The highest BCUT2D eigenvalue weighted by atomic mass is 32.1. The zero-order valence-electron chi connectivity index (χ0n) is 12.9. The fraction of sp³-hybridized carbons (Fsp3) is 0.471. The number of rotatable bonds is 7. The molecule has 1 N–H and O–H groups in total. The van der Waals surface area contributed by atoms with Gasteiger partial charge in [0.25, 0.3) is 0 Å². The van der Waals surface area contributed by atoms with Gasteiger partial charge < -0.3 is 5.32 Å². The predicted octanol–water partition coefficient (Wildman–Crippen LogP) is 4.16. The van der Waals surface area contributed by atoms with Crippen LogP contribution in [0.3, 0.4) is 0 Å². The summed E-state index contributed by atoms with van der Waals surface area (Å²) in [5.74, 6) is 0.801. The molecule has 1 heterocycles. The van der Waals surface area contributed by atoms with Crippen molar-refractivity contribution in [3.8, 4) is 0 Å². The Morgan fingerprint density at radius 1 is 1.19 bits per heavy atom. The molecule has 114 valence electrons. The second-order valence-corrected chi connectivity index (χ2v) is 7.17. The lowest BCUT2D eigenvalue weighted by Crippen LogP contribution is -2.26. The standard InChI is InChI=1S/C17H23FN2S/c1-12(2)9-19-10-15(8-17-11-20-13(3)21-17)14-4-6-16(18)7-5-14/h4-7,11-12,15,19H,8-10H2,1-3H3. The number of hydrogen-bond acceptors (Lipinski definition) is 3. The van der Waals surface area contributed by atoms with Crippen LogP contribution in [-0.4, -0.2) is 18.1 Å². The highest BCUT2D eigenvalue weighted by molar-refractivity contribution is 7.11. The molecule has 0 radical (unpaired) electrons. The first-order valence-corrected chi connectivity index (χ1v) is 8.23. The topological polar surface area (TPSA) is 24.9 Å². The summed E-state index contributed by atoms with van der Waals surface area (Å²) >= 11 is 1.74. The van der Waals surface area contributed by atoms with Crippen molar-refractivity contribution in [2.24, 2.45) is 5.92 Å². The normalized spacial score (nSPS) is 12.8. The molecule has 2 nitrogen and oxygen atoms in total. The van der Waals surface area contributed by atoms with E-state index in [4.69, 9.17) is 0 Å². The van der Waals surface area contributed by atoms with Gasteiger partial charge in [0.1, 0.15) is 5.82 Å². The van der Waals surface area contributed by atoms with Gasteiger partial charge in [0, 0.05) is 23.5 Å². The van der Waals surface area contributed by atoms with Crippen molar-refractivity contribution < 1.29 is 4.39 Å². The van der Waals surface area contributed by atoms with Gasteiger partial charge >= 0.3 is 0 Å². The van der Waals surface area contributed by atoms with E-state index in [9.17, 15) is 4.39 Å². The van der Waals surface area contributed by atoms with Crippen molar-refractivity contribution in [1.29, 1.82) is 0 Å². The maximum absolute atomic E-state index is 13.1.